The second kappa shape index (κ2) is 7.36. The third-order valence-electron chi connectivity index (χ3n) is 6.01. The lowest BCUT2D eigenvalue weighted by Gasteiger charge is -2.24. The van der Waals surface area contributed by atoms with Crippen molar-refractivity contribution in [3.8, 4) is 11.5 Å². The summed E-state index contributed by atoms with van der Waals surface area (Å²) in [6, 6.07) is 9.54. The summed E-state index contributed by atoms with van der Waals surface area (Å²) in [6.07, 6.45) is 8.11. The van der Waals surface area contributed by atoms with E-state index >= 15 is 0 Å². The number of carbonyl (C=O) groups is 1. The molecular weight excluding hydrogens is 368 g/mol. The van der Waals surface area contributed by atoms with Crippen molar-refractivity contribution in [2.45, 2.75) is 24.7 Å². The quantitative estimate of drug-likeness (QED) is 0.715. The first-order chi connectivity index (χ1) is 14.2. The highest BCUT2D eigenvalue weighted by Gasteiger charge is 2.54. The Labute approximate surface area is 168 Å². The number of hydrogen-bond acceptors (Lipinski definition) is 7. The Balaban J connectivity index is 1.31. The molecule has 148 valence electrons. The summed E-state index contributed by atoms with van der Waals surface area (Å²) in [5.74, 6) is 1.54. The maximum atomic E-state index is 12.5. The second-order valence-corrected chi connectivity index (χ2v) is 7.84. The maximum absolute atomic E-state index is 12.5. The van der Waals surface area contributed by atoms with Crippen molar-refractivity contribution in [2.24, 2.45) is 5.92 Å². The van der Waals surface area contributed by atoms with E-state index in [-0.39, 0.29) is 11.3 Å². The minimum atomic E-state index is -0.180. The standard InChI is InChI=1S/C21H22N6O2/c28-18(24-16-6-2-1-3-7-16)13-27-12-15-5-4-8-21(15,14-27)20-25-19(26-29-20)17-11-22-9-10-23-17/h1-3,6-7,9-11,15H,4-5,8,12-14H2,(H,24,28)/t15-,21-/m1/s1. The molecule has 0 bridgehead atoms. The van der Waals surface area contributed by atoms with E-state index in [1.165, 1.54) is 0 Å². The molecule has 2 aromatic heterocycles. The molecule has 1 aliphatic carbocycles. The van der Waals surface area contributed by atoms with Gasteiger partial charge >= 0.3 is 0 Å². The lowest BCUT2D eigenvalue weighted by Crippen LogP contribution is -2.35. The van der Waals surface area contributed by atoms with Crippen LogP contribution in [-0.2, 0) is 10.2 Å². The third-order valence-corrected chi connectivity index (χ3v) is 6.01. The molecule has 2 aliphatic rings. The van der Waals surface area contributed by atoms with Crippen molar-refractivity contribution in [3.63, 3.8) is 0 Å². The molecule has 2 atom stereocenters. The van der Waals surface area contributed by atoms with Gasteiger partial charge in [0.1, 0.15) is 5.69 Å². The van der Waals surface area contributed by atoms with Gasteiger partial charge in [-0.25, -0.2) is 4.98 Å². The molecule has 1 amide bonds. The fourth-order valence-corrected chi connectivity index (χ4v) is 4.73. The predicted octanol–water partition coefficient (Wildman–Crippen LogP) is 2.52. The number of aromatic nitrogens is 4. The summed E-state index contributed by atoms with van der Waals surface area (Å²) < 4.78 is 5.70. The van der Waals surface area contributed by atoms with Gasteiger partial charge in [-0.05, 0) is 30.9 Å². The van der Waals surface area contributed by atoms with Crippen LogP contribution in [0, 0.1) is 5.92 Å². The minimum Gasteiger partial charge on any atom is -0.338 e. The molecule has 0 radical (unpaired) electrons. The first kappa shape index (κ1) is 17.9. The van der Waals surface area contributed by atoms with Crippen LogP contribution in [0.4, 0.5) is 5.69 Å². The van der Waals surface area contributed by atoms with Crippen molar-refractivity contribution in [1.29, 1.82) is 0 Å². The van der Waals surface area contributed by atoms with Crippen LogP contribution in [0.2, 0.25) is 0 Å². The second-order valence-electron chi connectivity index (χ2n) is 7.84. The Morgan fingerprint density at radius 3 is 3.00 bits per heavy atom. The fraction of sp³-hybridized carbons (Fsp3) is 0.381. The van der Waals surface area contributed by atoms with Crippen LogP contribution in [0.5, 0.6) is 0 Å². The first-order valence-corrected chi connectivity index (χ1v) is 9.91. The summed E-state index contributed by atoms with van der Waals surface area (Å²) >= 11 is 0. The first-order valence-electron chi connectivity index (χ1n) is 9.91. The van der Waals surface area contributed by atoms with Gasteiger partial charge in [0, 0.05) is 31.2 Å². The van der Waals surface area contributed by atoms with Gasteiger partial charge in [-0.2, -0.15) is 4.98 Å². The van der Waals surface area contributed by atoms with Crippen LogP contribution >= 0.6 is 0 Å². The predicted molar refractivity (Wildman–Crippen MR) is 106 cm³/mol. The number of likely N-dealkylation sites (tertiary alicyclic amines) is 1. The van der Waals surface area contributed by atoms with Gasteiger partial charge in [-0.15, -0.1) is 0 Å². The normalized spacial score (nSPS) is 23.8. The molecular formula is C21H22N6O2. The number of amides is 1. The SMILES string of the molecule is O=C(CN1C[C@H]2CCC[C@@]2(c2nc(-c3cnccn3)no2)C1)Nc1ccccc1. The van der Waals surface area contributed by atoms with E-state index in [0.717, 1.165) is 38.0 Å². The molecule has 8 nitrogen and oxygen atoms in total. The number of hydrogen-bond donors (Lipinski definition) is 1. The molecule has 0 spiro atoms. The van der Waals surface area contributed by atoms with Crippen molar-refractivity contribution in [2.75, 3.05) is 25.0 Å². The molecule has 3 heterocycles. The highest BCUT2D eigenvalue weighted by Crippen LogP contribution is 2.50. The Morgan fingerprint density at radius 1 is 1.28 bits per heavy atom. The van der Waals surface area contributed by atoms with Crippen molar-refractivity contribution >= 4 is 11.6 Å². The number of benzene rings is 1. The zero-order valence-electron chi connectivity index (χ0n) is 16.0. The average Bonchev–Trinajstić information content (AvgIpc) is 3.44. The van der Waals surface area contributed by atoms with Crippen molar-refractivity contribution in [1.82, 2.24) is 25.0 Å². The van der Waals surface area contributed by atoms with Gasteiger partial charge in [0.15, 0.2) is 0 Å². The highest BCUT2D eigenvalue weighted by molar-refractivity contribution is 5.92. The van der Waals surface area contributed by atoms with Crippen LogP contribution in [0.25, 0.3) is 11.5 Å². The van der Waals surface area contributed by atoms with Gasteiger partial charge in [0.05, 0.1) is 18.2 Å². The summed E-state index contributed by atoms with van der Waals surface area (Å²) in [5, 5.41) is 7.11. The van der Waals surface area contributed by atoms with E-state index in [4.69, 9.17) is 4.52 Å². The van der Waals surface area contributed by atoms with Gasteiger partial charge in [-0.1, -0.05) is 29.8 Å². The van der Waals surface area contributed by atoms with Crippen LogP contribution in [0.1, 0.15) is 25.2 Å². The van der Waals surface area contributed by atoms with E-state index in [2.05, 4.69) is 30.3 Å². The van der Waals surface area contributed by atoms with Crippen LogP contribution in [0.15, 0.2) is 53.4 Å². The number of carbonyl (C=O) groups excluding carboxylic acids is 1. The average molecular weight is 390 g/mol. The number of nitrogens with one attached hydrogen (secondary N) is 1. The zero-order valence-corrected chi connectivity index (χ0v) is 16.0. The topological polar surface area (TPSA) is 97.0 Å². The monoisotopic (exact) mass is 390 g/mol. The summed E-state index contributed by atoms with van der Waals surface area (Å²) in [4.78, 5) is 27.7. The van der Waals surface area contributed by atoms with Crippen LogP contribution in [0.3, 0.4) is 0 Å². The van der Waals surface area contributed by atoms with Gasteiger partial charge < -0.3 is 9.84 Å². The summed E-state index contributed by atoms with van der Waals surface area (Å²) in [5.41, 5.74) is 1.24. The Morgan fingerprint density at radius 2 is 2.17 bits per heavy atom. The Kier molecular flexibility index (Phi) is 4.55. The van der Waals surface area contributed by atoms with E-state index in [0.29, 0.717) is 29.9 Å². The Hall–Kier alpha value is -3.13. The molecule has 5 rings (SSSR count). The van der Waals surface area contributed by atoms with Crippen LogP contribution < -0.4 is 5.32 Å². The molecule has 29 heavy (non-hydrogen) atoms. The fourth-order valence-electron chi connectivity index (χ4n) is 4.73. The number of rotatable bonds is 5. The lowest BCUT2D eigenvalue weighted by atomic mass is 9.80. The summed E-state index contributed by atoms with van der Waals surface area (Å²) in [6.45, 7) is 1.98. The van der Waals surface area contributed by atoms with Crippen LogP contribution in [-0.4, -0.2) is 50.5 Å². The van der Waals surface area contributed by atoms with E-state index in [9.17, 15) is 4.79 Å². The molecule has 1 aromatic carbocycles. The molecule has 8 heteroatoms. The zero-order chi connectivity index (χ0) is 19.7. The van der Waals surface area contributed by atoms with E-state index in [1.807, 2.05) is 30.3 Å². The number of fused-ring (bicyclic) bond motifs is 1. The Bertz CT molecular complexity index is 993. The van der Waals surface area contributed by atoms with Crippen molar-refractivity contribution in [3.05, 3.63) is 54.8 Å². The van der Waals surface area contributed by atoms with E-state index in [1.54, 1.807) is 18.6 Å². The molecule has 0 unspecified atom stereocenters. The van der Waals surface area contributed by atoms with Gasteiger partial charge in [0.2, 0.25) is 17.6 Å². The molecule has 1 saturated heterocycles. The molecule has 3 aromatic rings. The number of anilines is 1. The smallest absolute Gasteiger partial charge is 0.238 e. The molecule has 1 N–H and O–H groups in total. The lowest BCUT2D eigenvalue weighted by molar-refractivity contribution is -0.117. The number of para-hydroxylation sites is 1. The van der Waals surface area contributed by atoms with Crippen molar-refractivity contribution < 1.29 is 9.32 Å². The molecule has 1 saturated carbocycles. The molecule has 1 aliphatic heterocycles. The maximum Gasteiger partial charge on any atom is 0.238 e. The van der Waals surface area contributed by atoms with Gasteiger partial charge in [0.25, 0.3) is 0 Å². The molecule has 2 fully saturated rings. The summed E-state index contributed by atoms with van der Waals surface area (Å²) in [7, 11) is 0. The largest absolute Gasteiger partial charge is 0.338 e. The van der Waals surface area contributed by atoms with E-state index < -0.39 is 0 Å². The highest BCUT2D eigenvalue weighted by atomic mass is 16.5. The third kappa shape index (κ3) is 3.40. The minimum absolute atomic E-state index is 0.00268. The number of nitrogens with zero attached hydrogens (tertiary/aromatic N) is 5. The van der Waals surface area contributed by atoms with Gasteiger partial charge in [-0.3, -0.25) is 14.7 Å².